The van der Waals surface area contributed by atoms with Gasteiger partial charge in [0.1, 0.15) is 5.92 Å². The van der Waals surface area contributed by atoms with Gasteiger partial charge in [0.25, 0.3) is 5.91 Å². The predicted octanol–water partition coefficient (Wildman–Crippen LogP) is 5.54. The smallest absolute Gasteiger partial charge is 0.318 e. The Bertz CT molecular complexity index is 1140. The summed E-state index contributed by atoms with van der Waals surface area (Å²) in [6.07, 6.45) is -0.943. The van der Waals surface area contributed by atoms with Crippen molar-refractivity contribution in [2.75, 3.05) is 5.32 Å². The van der Waals surface area contributed by atoms with Crippen LogP contribution in [-0.4, -0.2) is 18.0 Å². The molecule has 4 aromatic rings. The number of fused-ring (bicyclic) bond motifs is 1. The number of rotatable bonds is 6. The van der Waals surface area contributed by atoms with E-state index in [9.17, 15) is 9.59 Å². The van der Waals surface area contributed by atoms with E-state index in [1.54, 1.807) is 6.92 Å². The molecule has 0 spiro atoms. The lowest BCUT2D eigenvalue weighted by atomic mass is 9.91. The number of nitrogens with one attached hydrogen (secondary N) is 1. The summed E-state index contributed by atoms with van der Waals surface area (Å²) in [6, 6.07) is 32.4. The molecular formula is C27H23NO3. The zero-order valence-electron chi connectivity index (χ0n) is 17.2. The number of esters is 1. The van der Waals surface area contributed by atoms with Gasteiger partial charge in [0.05, 0.1) is 0 Å². The Morgan fingerprint density at radius 3 is 1.90 bits per heavy atom. The molecule has 4 rings (SSSR count). The Hall–Kier alpha value is -3.92. The summed E-state index contributed by atoms with van der Waals surface area (Å²) in [6.45, 7) is 1.59. The summed E-state index contributed by atoms with van der Waals surface area (Å²) >= 11 is 0. The number of carbonyl (C=O) groups is 2. The van der Waals surface area contributed by atoms with Gasteiger partial charge in [-0.05, 0) is 29.5 Å². The first-order valence-electron chi connectivity index (χ1n) is 10.2. The van der Waals surface area contributed by atoms with Crippen LogP contribution in [0, 0.1) is 0 Å². The zero-order chi connectivity index (χ0) is 21.6. The van der Waals surface area contributed by atoms with Crippen molar-refractivity contribution in [1.29, 1.82) is 0 Å². The van der Waals surface area contributed by atoms with Crippen molar-refractivity contribution in [3.05, 3.63) is 114 Å². The van der Waals surface area contributed by atoms with Gasteiger partial charge in [-0.2, -0.15) is 0 Å². The zero-order valence-corrected chi connectivity index (χ0v) is 17.2. The molecule has 1 atom stereocenters. The van der Waals surface area contributed by atoms with Gasteiger partial charge in [0.2, 0.25) is 0 Å². The summed E-state index contributed by atoms with van der Waals surface area (Å²) in [5.41, 5.74) is 2.33. The second-order valence-electron chi connectivity index (χ2n) is 7.35. The van der Waals surface area contributed by atoms with Gasteiger partial charge in [0, 0.05) is 11.1 Å². The Labute approximate surface area is 181 Å². The highest BCUT2D eigenvalue weighted by molar-refractivity contribution is 6.04. The molecule has 154 valence electrons. The second kappa shape index (κ2) is 9.26. The molecule has 31 heavy (non-hydrogen) atoms. The van der Waals surface area contributed by atoms with Crippen LogP contribution >= 0.6 is 0 Å². The third-order valence-electron chi connectivity index (χ3n) is 5.21. The van der Waals surface area contributed by atoms with Crippen molar-refractivity contribution in [3.8, 4) is 0 Å². The monoisotopic (exact) mass is 409 g/mol. The molecule has 0 aliphatic carbocycles. The van der Waals surface area contributed by atoms with Crippen molar-refractivity contribution in [3.63, 3.8) is 0 Å². The van der Waals surface area contributed by atoms with E-state index in [1.165, 1.54) is 0 Å². The Kier molecular flexibility index (Phi) is 6.08. The van der Waals surface area contributed by atoms with E-state index in [1.807, 2.05) is 103 Å². The summed E-state index contributed by atoms with van der Waals surface area (Å²) in [4.78, 5) is 25.9. The van der Waals surface area contributed by atoms with Gasteiger partial charge < -0.3 is 10.1 Å². The quantitative estimate of drug-likeness (QED) is 0.425. The number of hydrogen-bond donors (Lipinski definition) is 1. The van der Waals surface area contributed by atoms with Gasteiger partial charge in [-0.3, -0.25) is 9.59 Å². The van der Waals surface area contributed by atoms with Crippen LogP contribution in [0.5, 0.6) is 0 Å². The van der Waals surface area contributed by atoms with Crippen molar-refractivity contribution >= 4 is 28.3 Å². The molecule has 0 radical (unpaired) electrons. The summed E-state index contributed by atoms with van der Waals surface area (Å²) in [5, 5.41) is 4.85. The minimum absolute atomic E-state index is 0.371. The maximum atomic E-state index is 13.1. The normalized spacial score (nSPS) is 11.8. The van der Waals surface area contributed by atoms with Crippen LogP contribution in [0.15, 0.2) is 103 Å². The number of carbonyl (C=O) groups excluding carboxylic acids is 2. The number of benzene rings is 4. The van der Waals surface area contributed by atoms with E-state index in [0.717, 1.165) is 21.9 Å². The Morgan fingerprint density at radius 1 is 0.710 bits per heavy atom. The average molecular weight is 409 g/mol. The fraction of sp³-hybridized carbons (Fsp3) is 0.111. The van der Waals surface area contributed by atoms with Crippen LogP contribution in [0.25, 0.3) is 10.8 Å². The lowest BCUT2D eigenvalue weighted by Crippen LogP contribution is -2.32. The van der Waals surface area contributed by atoms with Crippen molar-refractivity contribution < 1.29 is 14.3 Å². The van der Waals surface area contributed by atoms with Crippen molar-refractivity contribution in [2.45, 2.75) is 18.9 Å². The molecule has 1 amide bonds. The van der Waals surface area contributed by atoms with Crippen molar-refractivity contribution in [1.82, 2.24) is 0 Å². The average Bonchev–Trinajstić information content (AvgIpc) is 2.81. The van der Waals surface area contributed by atoms with Gasteiger partial charge >= 0.3 is 5.97 Å². The molecule has 0 aliphatic heterocycles. The van der Waals surface area contributed by atoms with Gasteiger partial charge in [-0.25, -0.2) is 0 Å². The van der Waals surface area contributed by atoms with E-state index >= 15 is 0 Å². The summed E-state index contributed by atoms with van der Waals surface area (Å²) in [5.74, 6) is -1.43. The molecule has 1 N–H and O–H groups in total. The highest BCUT2D eigenvalue weighted by Crippen LogP contribution is 2.27. The lowest BCUT2D eigenvalue weighted by molar-refractivity contribution is -0.153. The van der Waals surface area contributed by atoms with Gasteiger partial charge in [-0.1, -0.05) is 97.1 Å². The first kappa shape index (κ1) is 20.4. The fourth-order valence-electron chi connectivity index (χ4n) is 3.62. The molecule has 0 aliphatic rings. The molecule has 4 aromatic carbocycles. The molecule has 0 unspecified atom stereocenters. The Morgan fingerprint density at radius 2 is 1.26 bits per heavy atom. The van der Waals surface area contributed by atoms with E-state index in [2.05, 4.69) is 5.32 Å². The maximum Gasteiger partial charge on any atom is 0.318 e. The molecule has 0 saturated heterocycles. The van der Waals surface area contributed by atoms with Crippen LogP contribution < -0.4 is 5.32 Å². The number of anilines is 1. The molecule has 4 nitrogen and oxygen atoms in total. The minimum atomic E-state index is -0.943. The third kappa shape index (κ3) is 4.64. The van der Waals surface area contributed by atoms with Crippen LogP contribution in [0.1, 0.15) is 24.0 Å². The predicted molar refractivity (Wildman–Crippen MR) is 123 cm³/mol. The molecule has 0 heterocycles. The number of amides is 1. The van der Waals surface area contributed by atoms with E-state index in [4.69, 9.17) is 4.74 Å². The van der Waals surface area contributed by atoms with E-state index in [0.29, 0.717) is 5.69 Å². The number of hydrogen-bond acceptors (Lipinski definition) is 3. The van der Waals surface area contributed by atoms with Crippen LogP contribution in [-0.2, 0) is 14.3 Å². The maximum absolute atomic E-state index is 13.1. The third-order valence-corrected chi connectivity index (χ3v) is 5.21. The van der Waals surface area contributed by atoms with Crippen LogP contribution in [0.3, 0.4) is 0 Å². The van der Waals surface area contributed by atoms with Crippen molar-refractivity contribution in [2.24, 2.45) is 0 Å². The summed E-state index contributed by atoms with van der Waals surface area (Å²) in [7, 11) is 0. The largest absolute Gasteiger partial charge is 0.452 e. The van der Waals surface area contributed by atoms with E-state index < -0.39 is 18.0 Å². The molecule has 0 fully saturated rings. The fourth-order valence-corrected chi connectivity index (χ4v) is 3.62. The highest BCUT2D eigenvalue weighted by atomic mass is 16.5. The molecule has 0 bridgehead atoms. The highest BCUT2D eigenvalue weighted by Gasteiger charge is 2.28. The van der Waals surface area contributed by atoms with Crippen LogP contribution in [0.4, 0.5) is 5.69 Å². The molecule has 0 saturated carbocycles. The SMILES string of the molecule is C[C@H](OC(=O)C(c1ccccc1)c1ccccc1)C(=O)Nc1cccc2ccccc12. The first-order chi connectivity index (χ1) is 15.1. The van der Waals surface area contributed by atoms with Gasteiger partial charge in [0.15, 0.2) is 6.10 Å². The standard InChI is InChI=1S/C27H23NO3/c1-19(26(29)28-24-18-10-16-20-11-8-9-17-23(20)24)31-27(30)25(21-12-4-2-5-13-21)22-14-6-3-7-15-22/h2-19,25H,1H3,(H,28,29)/t19-/m0/s1. The topological polar surface area (TPSA) is 55.4 Å². The molecule has 0 aromatic heterocycles. The molecular weight excluding hydrogens is 386 g/mol. The lowest BCUT2D eigenvalue weighted by Gasteiger charge is -2.20. The van der Waals surface area contributed by atoms with Crippen LogP contribution in [0.2, 0.25) is 0 Å². The van der Waals surface area contributed by atoms with E-state index in [-0.39, 0.29) is 5.91 Å². The minimum Gasteiger partial charge on any atom is -0.452 e. The number of ether oxygens (including phenoxy) is 1. The summed E-state index contributed by atoms with van der Waals surface area (Å²) < 4.78 is 5.62. The second-order valence-corrected chi connectivity index (χ2v) is 7.35. The first-order valence-corrected chi connectivity index (χ1v) is 10.2. The Balaban J connectivity index is 1.52. The molecule has 4 heteroatoms. The van der Waals surface area contributed by atoms with Gasteiger partial charge in [-0.15, -0.1) is 0 Å².